The number of nitrogens with one attached hydrogen (secondary N) is 2. The SMILES string of the molecule is CCOC(=O)NC(=O)/C(C#N)=N\Nc1ccc(Oc2cnc(OC)c(C(C)C)c2)c(Cl)c1. The van der Waals surface area contributed by atoms with Gasteiger partial charge in [-0.3, -0.25) is 15.5 Å². The van der Waals surface area contributed by atoms with Crippen LogP contribution in [-0.4, -0.2) is 36.4 Å². The summed E-state index contributed by atoms with van der Waals surface area (Å²) in [6, 6.07) is 8.09. The van der Waals surface area contributed by atoms with E-state index in [9.17, 15) is 9.59 Å². The lowest BCUT2D eigenvalue weighted by Gasteiger charge is -2.14. The number of nitriles is 1. The second kappa shape index (κ2) is 11.5. The summed E-state index contributed by atoms with van der Waals surface area (Å²) in [5.74, 6) is 0.547. The van der Waals surface area contributed by atoms with E-state index in [0.717, 1.165) is 5.56 Å². The van der Waals surface area contributed by atoms with Crippen molar-refractivity contribution in [3.63, 3.8) is 0 Å². The summed E-state index contributed by atoms with van der Waals surface area (Å²) in [6.07, 6.45) is 0.553. The van der Waals surface area contributed by atoms with Gasteiger partial charge in [-0.25, -0.2) is 9.78 Å². The second-order valence-electron chi connectivity index (χ2n) is 6.53. The van der Waals surface area contributed by atoms with Gasteiger partial charge in [-0.05, 0) is 37.1 Å². The van der Waals surface area contributed by atoms with Crippen molar-refractivity contribution in [3.8, 4) is 23.4 Å². The largest absolute Gasteiger partial charge is 0.481 e. The van der Waals surface area contributed by atoms with Crippen LogP contribution in [0, 0.1) is 11.3 Å². The molecule has 0 aliphatic heterocycles. The number of anilines is 1. The first-order chi connectivity index (χ1) is 15.3. The average molecular weight is 460 g/mol. The van der Waals surface area contributed by atoms with Crippen LogP contribution in [0.3, 0.4) is 0 Å². The molecule has 2 rings (SSSR count). The number of benzene rings is 1. The molecule has 168 valence electrons. The number of aromatic nitrogens is 1. The lowest BCUT2D eigenvalue weighted by molar-refractivity contribution is -0.114. The molecule has 32 heavy (non-hydrogen) atoms. The summed E-state index contributed by atoms with van der Waals surface area (Å²) in [4.78, 5) is 27.4. The van der Waals surface area contributed by atoms with Crippen LogP contribution in [-0.2, 0) is 9.53 Å². The Bertz CT molecular complexity index is 1070. The number of carbonyl (C=O) groups excluding carboxylic acids is 2. The normalized spacial score (nSPS) is 10.8. The second-order valence-corrected chi connectivity index (χ2v) is 6.94. The molecule has 2 aromatic rings. The molecule has 1 heterocycles. The maximum absolute atomic E-state index is 11.9. The Morgan fingerprint density at radius 1 is 1.31 bits per heavy atom. The third-order valence-electron chi connectivity index (χ3n) is 3.94. The van der Waals surface area contributed by atoms with Gasteiger partial charge in [0.15, 0.2) is 0 Å². The number of halogens is 1. The molecule has 0 unspecified atom stereocenters. The molecule has 0 bridgehead atoms. The van der Waals surface area contributed by atoms with Crippen LogP contribution < -0.4 is 20.2 Å². The van der Waals surface area contributed by atoms with Gasteiger partial charge in [-0.1, -0.05) is 25.4 Å². The van der Waals surface area contributed by atoms with E-state index < -0.39 is 17.7 Å². The van der Waals surface area contributed by atoms with E-state index in [-0.39, 0.29) is 17.5 Å². The predicted molar refractivity (Wildman–Crippen MR) is 118 cm³/mol. The third kappa shape index (κ3) is 6.58. The number of hydrogen-bond donors (Lipinski definition) is 2. The van der Waals surface area contributed by atoms with Crippen LogP contribution in [0.15, 0.2) is 35.6 Å². The molecule has 0 aliphatic rings. The molecule has 10 nitrogen and oxygen atoms in total. The van der Waals surface area contributed by atoms with Gasteiger partial charge in [0.05, 0.1) is 30.6 Å². The van der Waals surface area contributed by atoms with Gasteiger partial charge in [-0.15, -0.1) is 0 Å². The number of alkyl carbamates (subject to hydrolysis) is 1. The minimum Gasteiger partial charge on any atom is -0.481 e. The maximum atomic E-state index is 11.9. The van der Waals surface area contributed by atoms with Crippen molar-refractivity contribution in [1.29, 1.82) is 5.26 Å². The first-order valence-electron chi connectivity index (χ1n) is 9.52. The highest BCUT2D eigenvalue weighted by atomic mass is 35.5. The van der Waals surface area contributed by atoms with Crippen molar-refractivity contribution in [2.45, 2.75) is 26.7 Å². The molecular formula is C21H22ClN5O5. The molecule has 0 aliphatic carbocycles. The van der Waals surface area contributed by atoms with Crippen LogP contribution in [0.1, 0.15) is 32.3 Å². The minimum atomic E-state index is -1.00. The topological polar surface area (TPSA) is 135 Å². The van der Waals surface area contributed by atoms with Crippen LogP contribution >= 0.6 is 11.6 Å². The Morgan fingerprint density at radius 3 is 2.66 bits per heavy atom. The summed E-state index contributed by atoms with van der Waals surface area (Å²) in [5, 5.41) is 14.9. The zero-order chi connectivity index (χ0) is 23.7. The number of hydrazone groups is 1. The highest BCUT2D eigenvalue weighted by Crippen LogP contribution is 2.34. The summed E-state index contributed by atoms with van der Waals surface area (Å²) in [5.41, 5.74) is 3.24. The van der Waals surface area contributed by atoms with Gasteiger partial charge in [0.1, 0.15) is 17.6 Å². The van der Waals surface area contributed by atoms with E-state index in [1.165, 1.54) is 12.3 Å². The van der Waals surface area contributed by atoms with Gasteiger partial charge < -0.3 is 14.2 Å². The Morgan fingerprint density at radius 2 is 2.06 bits per heavy atom. The fourth-order valence-electron chi connectivity index (χ4n) is 2.44. The van der Waals surface area contributed by atoms with Gasteiger partial charge in [0.25, 0.3) is 5.91 Å². The average Bonchev–Trinajstić information content (AvgIpc) is 2.76. The minimum absolute atomic E-state index is 0.0781. The van der Waals surface area contributed by atoms with Crippen molar-refractivity contribution >= 4 is 35.0 Å². The monoisotopic (exact) mass is 459 g/mol. The standard InChI is InChI=1S/C21H22ClN5O5/c1-5-31-21(29)25-19(28)17(10-23)27-26-13-6-7-18(16(22)8-13)32-14-9-15(12(2)3)20(30-4)24-11-14/h6-9,11-12,26H,5H2,1-4H3,(H,25,28,29)/b27-17-. The maximum Gasteiger partial charge on any atom is 0.414 e. The van der Waals surface area contributed by atoms with E-state index in [4.69, 9.17) is 26.3 Å². The molecule has 0 radical (unpaired) electrons. The number of amides is 2. The fourth-order valence-corrected chi connectivity index (χ4v) is 2.65. The fraction of sp³-hybridized carbons (Fsp3) is 0.286. The van der Waals surface area contributed by atoms with Gasteiger partial charge in [-0.2, -0.15) is 10.4 Å². The van der Waals surface area contributed by atoms with Crippen molar-refractivity contribution in [3.05, 3.63) is 41.0 Å². The molecule has 2 N–H and O–H groups in total. The zero-order valence-corrected chi connectivity index (χ0v) is 18.7. The smallest absolute Gasteiger partial charge is 0.414 e. The van der Waals surface area contributed by atoms with Crippen LogP contribution in [0.5, 0.6) is 17.4 Å². The molecular weight excluding hydrogens is 438 g/mol. The number of rotatable bonds is 8. The van der Waals surface area contributed by atoms with Crippen LogP contribution in [0.4, 0.5) is 10.5 Å². The quantitative estimate of drug-likeness (QED) is 0.442. The van der Waals surface area contributed by atoms with Crippen molar-refractivity contribution in [1.82, 2.24) is 10.3 Å². The predicted octanol–water partition coefficient (Wildman–Crippen LogP) is 4.22. The third-order valence-corrected chi connectivity index (χ3v) is 4.23. The molecule has 0 saturated carbocycles. The number of nitrogens with zero attached hydrogens (tertiary/aromatic N) is 3. The molecule has 11 heteroatoms. The Balaban J connectivity index is 2.12. The Labute approximate surface area is 190 Å². The Kier molecular flexibility index (Phi) is 8.80. The van der Waals surface area contributed by atoms with Crippen LogP contribution in [0.25, 0.3) is 0 Å². The van der Waals surface area contributed by atoms with Crippen molar-refractivity contribution in [2.75, 3.05) is 19.1 Å². The number of hydrogen-bond acceptors (Lipinski definition) is 9. The summed E-state index contributed by atoms with van der Waals surface area (Å²) < 4.78 is 15.7. The summed E-state index contributed by atoms with van der Waals surface area (Å²) in [6.45, 7) is 5.69. The van der Waals surface area contributed by atoms with E-state index in [0.29, 0.717) is 23.1 Å². The lowest BCUT2D eigenvalue weighted by atomic mass is 10.1. The highest BCUT2D eigenvalue weighted by Gasteiger charge is 2.16. The summed E-state index contributed by atoms with van der Waals surface area (Å²) >= 11 is 6.29. The van der Waals surface area contributed by atoms with E-state index in [1.54, 1.807) is 32.2 Å². The number of ether oxygens (including phenoxy) is 3. The van der Waals surface area contributed by atoms with Gasteiger partial charge in [0, 0.05) is 5.56 Å². The van der Waals surface area contributed by atoms with Crippen LogP contribution in [0.2, 0.25) is 5.02 Å². The Hall–Kier alpha value is -3.84. The first-order valence-corrected chi connectivity index (χ1v) is 9.90. The molecule has 0 spiro atoms. The first kappa shape index (κ1) is 24.4. The van der Waals surface area contributed by atoms with E-state index >= 15 is 0 Å². The van der Waals surface area contributed by atoms with E-state index in [1.807, 2.05) is 25.2 Å². The van der Waals surface area contributed by atoms with Gasteiger partial charge in [0.2, 0.25) is 11.6 Å². The zero-order valence-electron chi connectivity index (χ0n) is 17.9. The highest BCUT2D eigenvalue weighted by molar-refractivity contribution is 6.46. The molecule has 2 amide bonds. The summed E-state index contributed by atoms with van der Waals surface area (Å²) in [7, 11) is 1.55. The van der Waals surface area contributed by atoms with E-state index in [2.05, 4.69) is 20.2 Å². The number of methoxy groups -OCH3 is 1. The molecule has 0 fully saturated rings. The molecule has 0 atom stereocenters. The van der Waals surface area contributed by atoms with Crippen molar-refractivity contribution in [2.24, 2.45) is 5.10 Å². The molecule has 0 saturated heterocycles. The number of pyridine rings is 1. The number of carbonyl (C=O) groups is 2. The lowest BCUT2D eigenvalue weighted by Crippen LogP contribution is -2.36. The molecule has 1 aromatic carbocycles. The number of imide groups is 1. The molecule has 1 aromatic heterocycles. The van der Waals surface area contributed by atoms with Gasteiger partial charge >= 0.3 is 6.09 Å². The van der Waals surface area contributed by atoms with Crippen molar-refractivity contribution < 1.29 is 23.8 Å².